The zero-order valence-corrected chi connectivity index (χ0v) is 16.3. The molecule has 0 saturated heterocycles. The zero-order chi connectivity index (χ0) is 21.6. The lowest BCUT2D eigenvalue weighted by Crippen LogP contribution is -2.65. The number of alkyl halides is 5. The summed E-state index contributed by atoms with van der Waals surface area (Å²) in [6.45, 7) is 3.28. The molecule has 0 spiro atoms. The molecule has 6 atom stereocenters. The minimum Gasteiger partial charge on any atom is -0.504 e. The van der Waals surface area contributed by atoms with Gasteiger partial charge in [-0.15, -0.1) is 0 Å². The Morgan fingerprint density at radius 1 is 1.03 bits per heavy atom. The van der Waals surface area contributed by atoms with Gasteiger partial charge in [0.15, 0.2) is 5.76 Å². The van der Waals surface area contributed by atoms with E-state index in [9.17, 15) is 37.0 Å². The van der Waals surface area contributed by atoms with Gasteiger partial charge in [0, 0.05) is 10.8 Å². The lowest BCUT2D eigenvalue weighted by Gasteiger charge is -2.58. The topological polar surface area (TPSA) is 57.5 Å². The fraction of sp³-hybridized carbons (Fsp3) is 0.762. The Morgan fingerprint density at radius 3 is 2.28 bits per heavy atom. The van der Waals surface area contributed by atoms with Crippen LogP contribution in [0.25, 0.3) is 0 Å². The van der Waals surface area contributed by atoms with Crippen LogP contribution in [-0.4, -0.2) is 33.7 Å². The minimum absolute atomic E-state index is 0.0341. The summed E-state index contributed by atoms with van der Waals surface area (Å²) in [6, 6.07) is 0. The smallest absolute Gasteiger partial charge is 0.456 e. The summed E-state index contributed by atoms with van der Waals surface area (Å²) in [6.07, 6.45) is -1.98. The van der Waals surface area contributed by atoms with Gasteiger partial charge in [0.2, 0.25) is 5.78 Å². The van der Waals surface area contributed by atoms with Crippen LogP contribution in [-0.2, 0) is 4.79 Å². The summed E-state index contributed by atoms with van der Waals surface area (Å²) in [5.41, 5.74) is -4.69. The second-order valence-electron chi connectivity index (χ2n) is 9.65. The van der Waals surface area contributed by atoms with E-state index in [4.69, 9.17) is 0 Å². The van der Waals surface area contributed by atoms with Crippen molar-refractivity contribution in [3.05, 3.63) is 23.5 Å². The van der Waals surface area contributed by atoms with Crippen molar-refractivity contribution in [3.8, 4) is 0 Å². The van der Waals surface area contributed by atoms with Gasteiger partial charge in [-0.3, -0.25) is 4.79 Å². The van der Waals surface area contributed by atoms with Gasteiger partial charge in [0.05, 0.1) is 0 Å². The van der Waals surface area contributed by atoms with Gasteiger partial charge in [-0.2, -0.15) is 22.0 Å². The fourth-order valence-electron chi connectivity index (χ4n) is 7.08. The molecule has 0 aliphatic heterocycles. The van der Waals surface area contributed by atoms with Crippen LogP contribution < -0.4 is 0 Å². The summed E-state index contributed by atoms with van der Waals surface area (Å²) in [4.78, 5) is 11.9. The maximum atomic E-state index is 14.4. The van der Waals surface area contributed by atoms with E-state index in [-0.39, 0.29) is 30.4 Å². The van der Waals surface area contributed by atoms with Gasteiger partial charge in [0.25, 0.3) is 0 Å². The minimum atomic E-state index is -5.82. The average molecular weight is 420 g/mol. The van der Waals surface area contributed by atoms with Crippen molar-refractivity contribution in [2.45, 2.75) is 70.1 Å². The van der Waals surface area contributed by atoms with Gasteiger partial charge in [0.1, 0.15) is 5.60 Å². The van der Waals surface area contributed by atoms with Gasteiger partial charge in [-0.25, -0.2) is 0 Å². The molecular formula is C21H25F5O3. The van der Waals surface area contributed by atoms with Crippen LogP contribution in [0.4, 0.5) is 22.0 Å². The summed E-state index contributed by atoms with van der Waals surface area (Å²) >= 11 is 0. The highest BCUT2D eigenvalue weighted by atomic mass is 19.4. The lowest BCUT2D eigenvalue weighted by molar-refractivity contribution is -0.363. The van der Waals surface area contributed by atoms with Crippen LogP contribution >= 0.6 is 0 Å². The number of carbonyl (C=O) groups is 1. The third-order valence-electron chi connectivity index (χ3n) is 8.71. The number of aliphatic hydroxyl groups is 2. The van der Waals surface area contributed by atoms with Gasteiger partial charge >= 0.3 is 12.1 Å². The molecule has 4 aliphatic rings. The molecule has 0 aromatic rings. The van der Waals surface area contributed by atoms with Crippen molar-refractivity contribution in [2.24, 2.45) is 28.6 Å². The van der Waals surface area contributed by atoms with E-state index in [1.165, 1.54) is 13.0 Å². The Morgan fingerprint density at radius 2 is 1.66 bits per heavy atom. The predicted octanol–water partition coefficient (Wildman–Crippen LogP) is 5.11. The summed E-state index contributed by atoms with van der Waals surface area (Å²) in [5, 5.41) is 21.1. The molecule has 0 unspecified atom stereocenters. The lowest BCUT2D eigenvalue weighted by atomic mass is 9.47. The van der Waals surface area contributed by atoms with Gasteiger partial charge in [-0.05, 0) is 67.9 Å². The van der Waals surface area contributed by atoms with Crippen molar-refractivity contribution in [3.63, 3.8) is 0 Å². The standard InChI is InChI=1S/C21H25F5O3/c1-17-8-7-15(27)16(28)14(17)4-3-11-12(17)5-9-18(2)13(11)6-10-19(18,29)20(22,23)21(24,25)26/h7-8,11-13,28-29H,3-6,9-10H2,1-2H3/t11-,12+,13+,17-,18+,19+/m1/s1. The van der Waals surface area contributed by atoms with E-state index in [0.29, 0.717) is 24.8 Å². The van der Waals surface area contributed by atoms with Crippen molar-refractivity contribution in [1.82, 2.24) is 0 Å². The van der Waals surface area contributed by atoms with E-state index in [1.54, 1.807) is 6.08 Å². The molecule has 3 nitrogen and oxygen atoms in total. The first-order valence-electron chi connectivity index (χ1n) is 10.0. The van der Waals surface area contributed by atoms with Crippen molar-refractivity contribution < 1.29 is 37.0 Å². The quantitative estimate of drug-likeness (QED) is 0.580. The number of carbonyl (C=O) groups excluding carboxylic acids is 1. The molecule has 29 heavy (non-hydrogen) atoms. The van der Waals surface area contributed by atoms with Crippen LogP contribution in [0.1, 0.15) is 52.4 Å². The Kier molecular flexibility index (Phi) is 4.18. The SMILES string of the molecule is C[C@]12C=CC(=O)C(O)=C1CC[C@@H]1[C@@H]2CC[C@@]2(C)[C@H]1CC[C@@]2(O)C(F)(F)C(F)(F)F. The molecule has 0 aromatic carbocycles. The molecule has 4 rings (SSSR count). The Hall–Kier alpha value is -1.44. The molecule has 162 valence electrons. The molecule has 0 heterocycles. The first kappa shape index (κ1) is 20.8. The number of hydrogen-bond acceptors (Lipinski definition) is 3. The highest BCUT2D eigenvalue weighted by Crippen LogP contribution is 2.70. The Bertz CT molecular complexity index is 816. The van der Waals surface area contributed by atoms with E-state index >= 15 is 0 Å². The number of ketones is 1. The van der Waals surface area contributed by atoms with Crippen LogP contribution in [0.5, 0.6) is 0 Å². The largest absolute Gasteiger partial charge is 0.504 e. The number of allylic oxidation sites excluding steroid dienone is 3. The van der Waals surface area contributed by atoms with E-state index in [1.807, 2.05) is 6.92 Å². The Labute approximate surface area is 165 Å². The first-order valence-corrected chi connectivity index (χ1v) is 10.0. The van der Waals surface area contributed by atoms with Gasteiger partial charge < -0.3 is 10.2 Å². The van der Waals surface area contributed by atoms with Crippen molar-refractivity contribution >= 4 is 5.78 Å². The van der Waals surface area contributed by atoms with Crippen LogP contribution in [0.3, 0.4) is 0 Å². The second-order valence-corrected chi connectivity index (χ2v) is 9.65. The van der Waals surface area contributed by atoms with E-state index < -0.39 is 46.7 Å². The van der Waals surface area contributed by atoms with E-state index in [2.05, 4.69) is 0 Å². The number of fused-ring (bicyclic) bond motifs is 5. The van der Waals surface area contributed by atoms with Crippen LogP contribution in [0.2, 0.25) is 0 Å². The molecule has 0 radical (unpaired) electrons. The highest BCUT2D eigenvalue weighted by Gasteiger charge is 2.79. The molecule has 0 aromatic heterocycles. The molecule has 0 bridgehead atoms. The number of rotatable bonds is 1. The maximum Gasteiger partial charge on any atom is 0.456 e. The molecule has 0 amide bonds. The summed E-state index contributed by atoms with van der Waals surface area (Å²) in [5.74, 6) is -6.64. The fourth-order valence-corrected chi connectivity index (χ4v) is 7.08. The van der Waals surface area contributed by atoms with E-state index in [0.717, 1.165) is 0 Å². The highest BCUT2D eigenvalue weighted by molar-refractivity contribution is 6.04. The predicted molar refractivity (Wildman–Crippen MR) is 94.1 cm³/mol. The number of halogens is 5. The average Bonchev–Trinajstić information content (AvgIpc) is 2.90. The van der Waals surface area contributed by atoms with Crippen molar-refractivity contribution in [1.29, 1.82) is 0 Å². The zero-order valence-electron chi connectivity index (χ0n) is 16.3. The first-order chi connectivity index (χ1) is 13.2. The Balaban J connectivity index is 1.73. The molecular weight excluding hydrogens is 395 g/mol. The third kappa shape index (κ3) is 2.35. The van der Waals surface area contributed by atoms with Crippen molar-refractivity contribution in [2.75, 3.05) is 0 Å². The van der Waals surface area contributed by atoms with Crippen LogP contribution in [0, 0.1) is 28.6 Å². The summed E-state index contributed by atoms with van der Waals surface area (Å²) in [7, 11) is 0. The van der Waals surface area contributed by atoms with Gasteiger partial charge in [-0.1, -0.05) is 19.9 Å². The normalized spacial score (nSPS) is 45.1. The maximum absolute atomic E-state index is 14.4. The summed E-state index contributed by atoms with van der Waals surface area (Å²) < 4.78 is 68.4. The molecule has 2 N–H and O–H groups in total. The molecule has 3 fully saturated rings. The molecule has 3 saturated carbocycles. The third-order valence-corrected chi connectivity index (χ3v) is 8.71. The molecule has 4 aliphatic carbocycles. The monoisotopic (exact) mass is 420 g/mol. The number of aliphatic hydroxyl groups excluding tert-OH is 1. The second kappa shape index (κ2) is 5.83. The van der Waals surface area contributed by atoms with Crippen LogP contribution in [0.15, 0.2) is 23.5 Å². The molecule has 8 heteroatoms. The number of hydrogen-bond donors (Lipinski definition) is 2.